The molecule has 0 bridgehead atoms. The summed E-state index contributed by atoms with van der Waals surface area (Å²) in [4.78, 5) is 4.40. The van der Waals surface area contributed by atoms with Crippen LogP contribution in [0.2, 0.25) is 0 Å². The summed E-state index contributed by atoms with van der Waals surface area (Å²) in [6.07, 6.45) is 2.92. The van der Waals surface area contributed by atoms with E-state index in [2.05, 4.69) is 21.6 Å². The minimum absolute atomic E-state index is 0.306. The Morgan fingerprint density at radius 2 is 2.00 bits per heavy atom. The van der Waals surface area contributed by atoms with Gasteiger partial charge in [-0.15, -0.1) is 0 Å². The Bertz CT molecular complexity index is 481. The first-order valence-corrected chi connectivity index (χ1v) is 6.89. The van der Waals surface area contributed by atoms with Crippen molar-refractivity contribution in [3.63, 3.8) is 0 Å². The number of phenols is 1. The summed E-state index contributed by atoms with van der Waals surface area (Å²) in [6.45, 7) is 2.95. The molecule has 1 heterocycles. The van der Waals surface area contributed by atoms with E-state index in [0.29, 0.717) is 5.75 Å². The van der Waals surface area contributed by atoms with Gasteiger partial charge in [-0.25, -0.2) is 4.98 Å². The van der Waals surface area contributed by atoms with Gasteiger partial charge < -0.3 is 10.4 Å². The van der Waals surface area contributed by atoms with Crippen LogP contribution in [-0.4, -0.2) is 21.0 Å². The largest absolute Gasteiger partial charge is 0.508 e. The normalized spacial score (nSPS) is 10.5. The fourth-order valence-corrected chi connectivity index (χ4v) is 2.26. The summed E-state index contributed by atoms with van der Waals surface area (Å²) >= 11 is 1.41. The van der Waals surface area contributed by atoms with Crippen LogP contribution in [0.5, 0.6) is 5.75 Å². The Hall–Kier alpha value is -1.62. The molecular weight excluding hydrogens is 246 g/mol. The molecule has 0 unspecified atom stereocenters. The lowest BCUT2D eigenvalue weighted by Crippen LogP contribution is -2.04. The van der Waals surface area contributed by atoms with Crippen molar-refractivity contribution in [2.45, 2.75) is 26.2 Å². The van der Waals surface area contributed by atoms with Gasteiger partial charge in [0.1, 0.15) is 11.6 Å². The maximum atomic E-state index is 9.18. The highest BCUT2D eigenvalue weighted by Crippen LogP contribution is 2.13. The first-order valence-electron chi connectivity index (χ1n) is 6.12. The molecule has 0 atom stereocenters. The average Bonchev–Trinajstić information content (AvgIpc) is 2.80. The fraction of sp³-hybridized carbons (Fsp3) is 0.385. The van der Waals surface area contributed by atoms with Gasteiger partial charge in [0.15, 0.2) is 0 Å². The monoisotopic (exact) mass is 263 g/mol. The van der Waals surface area contributed by atoms with E-state index in [0.717, 1.165) is 36.8 Å². The number of aromatic hydroxyl groups is 1. The van der Waals surface area contributed by atoms with Gasteiger partial charge >= 0.3 is 0 Å². The molecule has 18 heavy (non-hydrogen) atoms. The molecule has 4 nitrogen and oxygen atoms in total. The summed E-state index contributed by atoms with van der Waals surface area (Å²) in [5, 5.41) is 13.3. The number of nitrogens with zero attached hydrogens (tertiary/aromatic N) is 2. The third kappa shape index (κ3) is 3.70. The third-order valence-corrected chi connectivity index (χ3v) is 3.28. The van der Waals surface area contributed by atoms with Crippen molar-refractivity contribution in [2.24, 2.45) is 0 Å². The van der Waals surface area contributed by atoms with Crippen molar-refractivity contribution >= 4 is 16.7 Å². The number of hydrogen-bond acceptors (Lipinski definition) is 5. The van der Waals surface area contributed by atoms with Gasteiger partial charge in [0.05, 0.1) is 0 Å². The van der Waals surface area contributed by atoms with Gasteiger partial charge in [-0.3, -0.25) is 0 Å². The Kier molecular flexibility index (Phi) is 4.52. The van der Waals surface area contributed by atoms with Crippen molar-refractivity contribution in [1.29, 1.82) is 0 Å². The van der Waals surface area contributed by atoms with Crippen LogP contribution in [0.1, 0.15) is 24.7 Å². The summed E-state index contributed by atoms with van der Waals surface area (Å²) < 4.78 is 4.28. The van der Waals surface area contributed by atoms with E-state index in [4.69, 9.17) is 0 Å². The molecule has 0 aliphatic carbocycles. The predicted molar refractivity (Wildman–Crippen MR) is 74.2 cm³/mol. The smallest absolute Gasteiger partial charge is 0.202 e. The van der Waals surface area contributed by atoms with Crippen LogP contribution >= 0.6 is 11.5 Å². The van der Waals surface area contributed by atoms with Crippen molar-refractivity contribution < 1.29 is 5.11 Å². The molecule has 2 rings (SSSR count). The summed E-state index contributed by atoms with van der Waals surface area (Å²) in [6, 6.07) is 7.28. The van der Waals surface area contributed by atoms with Crippen LogP contribution in [0.4, 0.5) is 5.13 Å². The molecule has 1 aromatic heterocycles. The third-order valence-electron chi connectivity index (χ3n) is 2.57. The minimum Gasteiger partial charge on any atom is -0.508 e. The molecule has 0 radical (unpaired) electrons. The Morgan fingerprint density at radius 3 is 2.72 bits per heavy atom. The molecule has 0 saturated heterocycles. The molecule has 96 valence electrons. The zero-order valence-electron chi connectivity index (χ0n) is 10.4. The highest BCUT2D eigenvalue weighted by Gasteiger charge is 2.02. The van der Waals surface area contributed by atoms with Crippen LogP contribution < -0.4 is 5.32 Å². The second-order valence-corrected chi connectivity index (χ2v) is 4.86. The van der Waals surface area contributed by atoms with Crippen molar-refractivity contribution in [2.75, 3.05) is 11.9 Å². The lowest BCUT2D eigenvalue weighted by molar-refractivity contribution is 0.475. The van der Waals surface area contributed by atoms with E-state index in [9.17, 15) is 5.11 Å². The number of aryl methyl sites for hydroxylation is 1. The number of phenolic OH excluding ortho intramolecular Hbond substituents is 1. The van der Waals surface area contributed by atoms with Gasteiger partial charge in [0, 0.05) is 24.5 Å². The number of nitrogens with one attached hydrogen (secondary N) is 1. The molecule has 0 amide bonds. The van der Waals surface area contributed by atoms with Crippen LogP contribution in [0, 0.1) is 0 Å². The van der Waals surface area contributed by atoms with Crippen molar-refractivity contribution in [3.8, 4) is 5.75 Å². The molecule has 1 aromatic carbocycles. The summed E-state index contributed by atoms with van der Waals surface area (Å²) in [5.41, 5.74) is 1.19. The Morgan fingerprint density at radius 1 is 1.22 bits per heavy atom. The van der Waals surface area contributed by atoms with Crippen LogP contribution in [0.3, 0.4) is 0 Å². The Labute approximate surface area is 111 Å². The zero-order valence-corrected chi connectivity index (χ0v) is 11.2. The Balaban J connectivity index is 1.79. The highest BCUT2D eigenvalue weighted by molar-refractivity contribution is 7.09. The second-order valence-electron chi connectivity index (χ2n) is 4.11. The van der Waals surface area contributed by atoms with Gasteiger partial charge in [0.25, 0.3) is 0 Å². The maximum Gasteiger partial charge on any atom is 0.202 e. The van der Waals surface area contributed by atoms with E-state index >= 15 is 0 Å². The summed E-state index contributed by atoms with van der Waals surface area (Å²) in [7, 11) is 0. The van der Waals surface area contributed by atoms with Gasteiger partial charge in [-0.1, -0.05) is 19.1 Å². The average molecular weight is 263 g/mol. The first kappa shape index (κ1) is 12.8. The van der Waals surface area contributed by atoms with E-state index < -0.39 is 0 Å². The van der Waals surface area contributed by atoms with E-state index in [1.165, 1.54) is 17.1 Å². The van der Waals surface area contributed by atoms with Gasteiger partial charge in [-0.2, -0.15) is 4.37 Å². The minimum atomic E-state index is 0.306. The van der Waals surface area contributed by atoms with Crippen LogP contribution in [0.25, 0.3) is 0 Å². The lowest BCUT2D eigenvalue weighted by atomic mass is 10.1. The number of benzene rings is 1. The second kappa shape index (κ2) is 6.35. The standard InChI is InChI=1S/C13H17N3OS/c1-2-3-12-15-13(18-16-12)14-9-8-10-4-6-11(17)7-5-10/h4-7,17H,2-3,8-9H2,1H3,(H,14,15,16). The topological polar surface area (TPSA) is 58.0 Å². The fourth-order valence-electron chi connectivity index (χ4n) is 1.63. The molecule has 0 spiro atoms. The van der Waals surface area contributed by atoms with E-state index in [-0.39, 0.29) is 0 Å². The van der Waals surface area contributed by atoms with Crippen molar-refractivity contribution in [1.82, 2.24) is 9.36 Å². The number of hydrogen-bond donors (Lipinski definition) is 2. The number of anilines is 1. The zero-order chi connectivity index (χ0) is 12.8. The van der Waals surface area contributed by atoms with Crippen molar-refractivity contribution in [3.05, 3.63) is 35.7 Å². The SMILES string of the molecule is CCCc1nsc(NCCc2ccc(O)cc2)n1. The molecule has 0 saturated carbocycles. The maximum absolute atomic E-state index is 9.18. The lowest BCUT2D eigenvalue weighted by Gasteiger charge is -2.02. The molecular formula is C13H17N3OS. The molecule has 0 aliphatic heterocycles. The van der Waals surface area contributed by atoms with Crippen LogP contribution in [-0.2, 0) is 12.8 Å². The molecule has 0 aliphatic rings. The van der Waals surface area contributed by atoms with Gasteiger partial charge in [-0.05, 0) is 30.5 Å². The van der Waals surface area contributed by atoms with E-state index in [1.54, 1.807) is 12.1 Å². The predicted octanol–water partition coefficient (Wildman–Crippen LogP) is 2.85. The molecule has 0 fully saturated rings. The number of aromatic nitrogens is 2. The number of rotatable bonds is 6. The molecule has 5 heteroatoms. The summed E-state index contributed by atoms with van der Waals surface area (Å²) in [5.74, 6) is 1.23. The quantitative estimate of drug-likeness (QED) is 0.841. The van der Waals surface area contributed by atoms with E-state index in [1.807, 2.05) is 12.1 Å². The highest BCUT2D eigenvalue weighted by atomic mass is 32.1. The molecule has 2 aromatic rings. The molecule has 2 N–H and O–H groups in total. The first-order chi connectivity index (χ1) is 8.78. The van der Waals surface area contributed by atoms with Gasteiger partial charge in [0.2, 0.25) is 5.13 Å². The van der Waals surface area contributed by atoms with Crippen LogP contribution in [0.15, 0.2) is 24.3 Å².